The van der Waals surface area contributed by atoms with Crippen molar-refractivity contribution in [1.29, 1.82) is 0 Å². The molecule has 4 nitrogen and oxygen atoms in total. The van der Waals surface area contributed by atoms with Crippen molar-refractivity contribution in [2.45, 2.75) is 26.3 Å². The second-order valence-electron chi connectivity index (χ2n) is 6.02. The minimum atomic E-state index is -4.33. The zero-order valence-electron chi connectivity index (χ0n) is 14.9. The van der Waals surface area contributed by atoms with Gasteiger partial charge < -0.3 is 10.1 Å². The van der Waals surface area contributed by atoms with E-state index in [-0.39, 0.29) is 12.5 Å². The van der Waals surface area contributed by atoms with Crippen LogP contribution >= 0.6 is 22.7 Å². The highest BCUT2D eigenvalue weighted by Crippen LogP contribution is 2.31. The molecular weight excluding hydrogens is 409 g/mol. The second kappa shape index (κ2) is 8.85. The zero-order valence-corrected chi connectivity index (χ0v) is 16.5. The summed E-state index contributed by atoms with van der Waals surface area (Å²) in [5, 5.41) is 5.63. The fourth-order valence-corrected chi connectivity index (χ4v) is 4.19. The van der Waals surface area contributed by atoms with E-state index in [1.54, 1.807) is 42.5 Å². The summed E-state index contributed by atoms with van der Waals surface area (Å²) >= 11 is 2.92. The predicted octanol–water partition coefficient (Wildman–Crippen LogP) is 5.19. The summed E-state index contributed by atoms with van der Waals surface area (Å²) in [7, 11) is 0. The molecule has 0 atom stereocenters. The molecule has 0 saturated carbocycles. The summed E-state index contributed by atoms with van der Waals surface area (Å²) in [6.07, 6.45) is -4.33. The van der Waals surface area contributed by atoms with Crippen LogP contribution in [-0.4, -0.2) is 23.7 Å². The second-order valence-corrected chi connectivity index (χ2v) is 7.96. The van der Waals surface area contributed by atoms with Gasteiger partial charge in [0.05, 0.1) is 17.2 Å². The Bertz CT molecular complexity index is 920. The van der Waals surface area contributed by atoms with Crippen LogP contribution in [0.4, 0.5) is 13.2 Å². The minimum absolute atomic E-state index is 0.113. The highest BCUT2D eigenvalue weighted by atomic mass is 32.1. The van der Waals surface area contributed by atoms with Gasteiger partial charge in [0.15, 0.2) is 0 Å². The van der Waals surface area contributed by atoms with E-state index in [2.05, 4.69) is 15.0 Å². The van der Waals surface area contributed by atoms with Crippen molar-refractivity contribution < 1.29 is 22.7 Å². The van der Waals surface area contributed by atoms with Gasteiger partial charge >= 0.3 is 6.18 Å². The molecule has 1 aromatic carbocycles. The van der Waals surface area contributed by atoms with Crippen molar-refractivity contribution in [1.82, 2.24) is 10.3 Å². The Morgan fingerprint density at radius 2 is 1.89 bits per heavy atom. The van der Waals surface area contributed by atoms with Crippen molar-refractivity contribution in [3.05, 3.63) is 63.5 Å². The van der Waals surface area contributed by atoms with Crippen LogP contribution in [0.15, 0.2) is 41.8 Å². The lowest BCUT2D eigenvalue weighted by Crippen LogP contribution is -2.22. The van der Waals surface area contributed by atoms with Crippen molar-refractivity contribution in [3.8, 4) is 9.88 Å². The Morgan fingerprint density at radius 1 is 1.18 bits per heavy atom. The number of ether oxygens (including phenoxy) is 1. The average Bonchev–Trinajstić information content (AvgIpc) is 3.29. The Hall–Kier alpha value is -2.23. The number of nitrogens with zero attached hydrogens (tertiary/aromatic N) is 1. The topological polar surface area (TPSA) is 51.2 Å². The van der Waals surface area contributed by atoms with Crippen LogP contribution in [0.25, 0.3) is 9.88 Å². The van der Waals surface area contributed by atoms with Gasteiger partial charge in [-0.2, -0.15) is 13.2 Å². The van der Waals surface area contributed by atoms with Crippen LogP contribution in [0.5, 0.6) is 0 Å². The van der Waals surface area contributed by atoms with Gasteiger partial charge in [0.2, 0.25) is 0 Å². The predicted molar refractivity (Wildman–Crippen MR) is 103 cm³/mol. The summed E-state index contributed by atoms with van der Waals surface area (Å²) in [4.78, 5) is 18.5. The van der Waals surface area contributed by atoms with Crippen LogP contribution in [0, 0.1) is 6.92 Å². The summed E-state index contributed by atoms with van der Waals surface area (Å²) in [6.45, 7) is 0.733. The number of halogens is 3. The normalized spacial score (nSPS) is 11.6. The smallest absolute Gasteiger partial charge is 0.367 e. The van der Waals surface area contributed by atoms with E-state index in [9.17, 15) is 18.0 Å². The first kappa shape index (κ1) is 20.5. The molecule has 3 rings (SSSR count). The van der Waals surface area contributed by atoms with E-state index in [0.29, 0.717) is 22.7 Å². The van der Waals surface area contributed by atoms with Gasteiger partial charge in [0, 0.05) is 6.54 Å². The molecule has 0 spiro atoms. The lowest BCUT2D eigenvalue weighted by Gasteiger charge is -2.08. The average molecular weight is 426 g/mol. The number of amides is 1. The number of thiophene rings is 1. The lowest BCUT2D eigenvalue weighted by atomic mass is 10.1. The molecular formula is C19H17F3N2O2S2. The molecule has 148 valence electrons. The van der Waals surface area contributed by atoms with E-state index in [0.717, 1.165) is 15.4 Å². The molecule has 0 radical (unpaired) electrons. The van der Waals surface area contributed by atoms with Crippen molar-refractivity contribution in [2.75, 3.05) is 6.61 Å². The summed E-state index contributed by atoms with van der Waals surface area (Å²) in [5.74, 6) is -0.199. The van der Waals surface area contributed by atoms with Gasteiger partial charge in [-0.1, -0.05) is 30.3 Å². The van der Waals surface area contributed by atoms with Gasteiger partial charge in [0.1, 0.15) is 16.5 Å². The Morgan fingerprint density at radius 3 is 2.54 bits per heavy atom. The largest absolute Gasteiger partial charge is 0.411 e. The number of hydrogen-bond donors (Lipinski definition) is 1. The maximum atomic E-state index is 12.5. The number of aryl methyl sites for hydroxylation is 1. The van der Waals surface area contributed by atoms with E-state index < -0.39 is 12.8 Å². The Labute approximate surface area is 168 Å². The molecule has 0 saturated heterocycles. The molecule has 1 N–H and O–H groups in total. The van der Waals surface area contributed by atoms with Crippen molar-refractivity contribution in [3.63, 3.8) is 0 Å². The van der Waals surface area contributed by atoms with Gasteiger partial charge in [-0.3, -0.25) is 4.79 Å². The maximum Gasteiger partial charge on any atom is 0.411 e. The number of rotatable bonds is 7. The summed E-state index contributed by atoms with van der Waals surface area (Å²) in [5.41, 5.74) is 2.16. The van der Waals surface area contributed by atoms with Crippen LogP contribution in [-0.2, 0) is 17.9 Å². The van der Waals surface area contributed by atoms with Gasteiger partial charge in [-0.15, -0.1) is 22.7 Å². The number of alkyl halides is 3. The molecule has 0 aliphatic heterocycles. The fourth-order valence-electron chi connectivity index (χ4n) is 2.41. The lowest BCUT2D eigenvalue weighted by molar-refractivity contribution is -0.176. The molecule has 28 heavy (non-hydrogen) atoms. The highest BCUT2D eigenvalue weighted by molar-refractivity contribution is 7.22. The first-order chi connectivity index (χ1) is 13.3. The number of benzene rings is 1. The zero-order chi connectivity index (χ0) is 20.1. The molecule has 3 aromatic rings. The van der Waals surface area contributed by atoms with E-state index in [1.165, 1.54) is 11.3 Å². The standard InChI is InChI=1S/C19H17F3N2O2S2/c1-12-16(28-18(24-12)15-3-2-8-27-15)17(25)23-9-13-4-6-14(7-5-13)10-26-11-19(20,21)22/h2-8H,9-11H2,1H3,(H,23,25). The number of hydrogen-bond acceptors (Lipinski definition) is 5. The molecule has 0 fully saturated rings. The summed E-state index contributed by atoms with van der Waals surface area (Å²) in [6, 6.07) is 10.8. The first-order valence-electron chi connectivity index (χ1n) is 8.33. The molecule has 0 aliphatic rings. The highest BCUT2D eigenvalue weighted by Gasteiger charge is 2.27. The van der Waals surface area contributed by atoms with Crippen LogP contribution in [0.1, 0.15) is 26.5 Å². The molecule has 0 bridgehead atoms. The molecule has 9 heteroatoms. The number of aromatic nitrogens is 1. The van der Waals surface area contributed by atoms with Crippen molar-refractivity contribution >= 4 is 28.6 Å². The van der Waals surface area contributed by atoms with Gasteiger partial charge in [-0.25, -0.2) is 4.98 Å². The van der Waals surface area contributed by atoms with E-state index in [1.807, 2.05) is 17.5 Å². The molecule has 0 unspecified atom stereocenters. The van der Waals surface area contributed by atoms with Crippen LogP contribution in [0.3, 0.4) is 0 Å². The maximum absolute atomic E-state index is 12.5. The third-order valence-corrected chi connectivity index (χ3v) is 5.94. The van der Waals surface area contributed by atoms with Gasteiger partial charge in [-0.05, 0) is 29.5 Å². The molecule has 2 heterocycles. The fraction of sp³-hybridized carbons (Fsp3) is 0.263. The number of carbonyl (C=O) groups excluding carboxylic acids is 1. The third kappa shape index (κ3) is 5.63. The summed E-state index contributed by atoms with van der Waals surface area (Å²) < 4.78 is 40.9. The number of thiazole rings is 1. The molecule has 2 aromatic heterocycles. The van der Waals surface area contributed by atoms with E-state index in [4.69, 9.17) is 0 Å². The number of nitrogens with one attached hydrogen (secondary N) is 1. The third-order valence-electron chi connectivity index (χ3n) is 3.75. The molecule has 0 aliphatic carbocycles. The quantitative estimate of drug-likeness (QED) is 0.566. The SMILES string of the molecule is Cc1nc(-c2cccs2)sc1C(=O)NCc1ccc(COCC(F)(F)F)cc1. The number of carbonyl (C=O) groups is 1. The molecule has 1 amide bonds. The van der Waals surface area contributed by atoms with Crippen molar-refractivity contribution in [2.24, 2.45) is 0 Å². The van der Waals surface area contributed by atoms with Crippen LogP contribution in [0.2, 0.25) is 0 Å². The first-order valence-corrected chi connectivity index (χ1v) is 10.0. The van der Waals surface area contributed by atoms with E-state index >= 15 is 0 Å². The minimum Gasteiger partial charge on any atom is -0.367 e. The Balaban J connectivity index is 1.53. The Kier molecular flexibility index (Phi) is 6.48. The van der Waals surface area contributed by atoms with Crippen LogP contribution < -0.4 is 5.32 Å². The van der Waals surface area contributed by atoms with Gasteiger partial charge in [0.25, 0.3) is 5.91 Å². The monoisotopic (exact) mass is 426 g/mol.